The van der Waals surface area contributed by atoms with E-state index < -0.39 is 0 Å². The first-order valence-corrected chi connectivity index (χ1v) is 8.85. The Bertz CT molecular complexity index is 711. The lowest BCUT2D eigenvalue weighted by Gasteiger charge is -2.31. The molecule has 25 heavy (non-hydrogen) atoms. The van der Waals surface area contributed by atoms with Crippen LogP contribution in [0.4, 0.5) is 0 Å². The third kappa shape index (κ3) is 4.20. The molecule has 3 rings (SSSR count). The van der Waals surface area contributed by atoms with Crippen LogP contribution in [0, 0.1) is 5.92 Å². The summed E-state index contributed by atoms with van der Waals surface area (Å²) < 4.78 is 7.61. The Morgan fingerprint density at radius 3 is 2.80 bits per heavy atom. The molecule has 0 saturated carbocycles. The van der Waals surface area contributed by atoms with Crippen LogP contribution < -0.4 is 10.1 Å². The lowest BCUT2D eigenvalue weighted by Crippen LogP contribution is -2.51. The number of ether oxygens (including phenoxy) is 1. The molecule has 134 valence electrons. The zero-order valence-corrected chi connectivity index (χ0v) is 15.1. The average Bonchev–Trinajstić information content (AvgIpc) is 3.04. The van der Waals surface area contributed by atoms with Crippen LogP contribution in [-0.4, -0.2) is 52.9 Å². The van der Waals surface area contributed by atoms with Crippen LogP contribution in [0.1, 0.15) is 31.3 Å². The highest BCUT2D eigenvalue weighted by Gasteiger charge is 2.27. The van der Waals surface area contributed by atoms with Crippen molar-refractivity contribution in [2.45, 2.75) is 26.8 Å². The molecule has 0 aliphatic carbocycles. The Morgan fingerprint density at radius 2 is 2.12 bits per heavy atom. The molecule has 1 amide bonds. The fourth-order valence-electron chi connectivity index (χ4n) is 2.85. The first-order valence-electron chi connectivity index (χ1n) is 8.85. The van der Waals surface area contributed by atoms with E-state index in [-0.39, 0.29) is 11.9 Å². The van der Waals surface area contributed by atoms with Crippen molar-refractivity contribution in [3.05, 3.63) is 42.2 Å². The second-order valence-electron chi connectivity index (χ2n) is 6.93. The number of hydrogen-bond donors (Lipinski definition) is 1. The monoisotopic (exact) mass is 342 g/mol. The summed E-state index contributed by atoms with van der Waals surface area (Å²) in [5, 5.41) is 7.89. The molecular formula is C19H26N4O2. The molecule has 1 aromatic carbocycles. The Balaban J connectivity index is 1.89. The fourth-order valence-corrected chi connectivity index (χ4v) is 2.85. The maximum absolute atomic E-state index is 13.0. The first kappa shape index (κ1) is 17.5. The third-order valence-corrected chi connectivity index (χ3v) is 4.13. The SMILES string of the molecule is CC(C)COc1cn(-c2ccccc2)nc1C(=O)N1CCNC(C)C1. The number of carbonyl (C=O) groups excluding carboxylic acids is 1. The van der Waals surface area contributed by atoms with Crippen molar-refractivity contribution in [3.63, 3.8) is 0 Å². The number of amides is 1. The van der Waals surface area contributed by atoms with E-state index in [0.717, 1.165) is 12.2 Å². The number of nitrogens with one attached hydrogen (secondary N) is 1. The Kier molecular flexibility index (Phi) is 5.38. The Labute approximate surface area is 148 Å². The predicted molar refractivity (Wildman–Crippen MR) is 97.3 cm³/mol. The summed E-state index contributed by atoms with van der Waals surface area (Å²) in [5.41, 5.74) is 1.29. The fraction of sp³-hybridized carbons (Fsp3) is 0.474. The van der Waals surface area contributed by atoms with Crippen molar-refractivity contribution in [2.24, 2.45) is 5.92 Å². The first-order chi connectivity index (χ1) is 12.0. The lowest BCUT2D eigenvalue weighted by molar-refractivity contribution is 0.0697. The molecule has 1 unspecified atom stereocenters. The number of benzene rings is 1. The summed E-state index contributed by atoms with van der Waals surface area (Å²) in [6.07, 6.45) is 1.80. The van der Waals surface area contributed by atoms with Crippen LogP contribution in [0.15, 0.2) is 36.5 Å². The Hall–Kier alpha value is -2.34. The van der Waals surface area contributed by atoms with Gasteiger partial charge in [0.25, 0.3) is 5.91 Å². The molecule has 1 aliphatic rings. The number of aromatic nitrogens is 2. The standard InChI is InChI=1S/C19H26N4O2/c1-14(2)13-25-17-12-23(16-7-5-4-6-8-16)21-18(17)19(24)22-10-9-20-15(3)11-22/h4-8,12,14-15,20H,9-11,13H2,1-3H3. The van der Waals surface area contributed by atoms with E-state index >= 15 is 0 Å². The van der Waals surface area contributed by atoms with Gasteiger partial charge in [-0.2, -0.15) is 5.10 Å². The quantitative estimate of drug-likeness (QED) is 0.906. The molecule has 1 fully saturated rings. The van der Waals surface area contributed by atoms with Crippen LogP contribution in [0.5, 0.6) is 5.75 Å². The summed E-state index contributed by atoms with van der Waals surface area (Å²) in [4.78, 5) is 14.8. The summed E-state index contributed by atoms with van der Waals surface area (Å²) in [7, 11) is 0. The van der Waals surface area contributed by atoms with Gasteiger partial charge in [0.05, 0.1) is 18.5 Å². The highest BCUT2D eigenvalue weighted by atomic mass is 16.5. The molecule has 1 aromatic heterocycles. The average molecular weight is 342 g/mol. The second kappa shape index (κ2) is 7.70. The smallest absolute Gasteiger partial charge is 0.278 e. The van der Waals surface area contributed by atoms with E-state index in [9.17, 15) is 4.79 Å². The minimum absolute atomic E-state index is 0.0678. The van der Waals surface area contributed by atoms with Gasteiger partial charge in [0.2, 0.25) is 0 Å². The molecule has 1 N–H and O–H groups in total. The van der Waals surface area contributed by atoms with Gasteiger partial charge in [0, 0.05) is 25.7 Å². The van der Waals surface area contributed by atoms with Crippen molar-refractivity contribution in [1.82, 2.24) is 20.0 Å². The normalized spacial score (nSPS) is 17.8. The van der Waals surface area contributed by atoms with Crippen molar-refractivity contribution in [1.29, 1.82) is 0 Å². The minimum Gasteiger partial charge on any atom is -0.489 e. The molecule has 0 spiro atoms. The van der Waals surface area contributed by atoms with Gasteiger partial charge in [-0.15, -0.1) is 0 Å². The van der Waals surface area contributed by atoms with Crippen molar-refractivity contribution < 1.29 is 9.53 Å². The van der Waals surface area contributed by atoms with Crippen molar-refractivity contribution >= 4 is 5.91 Å². The topological polar surface area (TPSA) is 59.4 Å². The van der Waals surface area contributed by atoms with Gasteiger partial charge in [0.15, 0.2) is 11.4 Å². The number of rotatable bonds is 5. The summed E-state index contributed by atoms with van der Waals surface area (Å²) >= 11 is 0. The molecule has 0 radical (unpaired) electrons. The van der Waals surface area contributed by atoms with E-state index in [0.29, 0.717) is 37.1 Å². The molecule has 1 atom stereocenters. The zero-order chi connectivity index (χ0) is 17.8. The van der Waals surface area contributed by atoms with Crippen LogP contribution in [0.25, 0.3) is 5.69 Å². The van der Waals surface area contributed by atoms with Crippen LogP contribution in [-0.2, 0) is 0 Å². The number of piperazine rings is 1. The maximum atomic E-state index is 13.0. The molecule has 6 nitrogen and oxygen atoms in total. The van der Waals surface area contributed by atoms with Gasteiger partial charge >= 0.3 is 0 Å². The largest absolute Gasteiger partial charge is 0.489 e. The lowest BCUT2D eigenvalue weighted by atomic mass is 10.2. The van der Waals surface area contributed by atoms with Gasteiger partial charge < -0.3 is 15.0 Å². The molecule has 2 heterocycles. The van der Waals surface area contributed by atoms with Gasteiger partial charge in [-0.25, -0.2) is 4.68 Å². The number of carbonyl (C=O) groups is 1. The van der Waals surface area contributed by atoms with Crippen molar-refractivity contribution in [3.8, 4) is 11.4 Å². The van der Waals surface area contributed by atoms with Crippen molar-refractivity contribution in [2.75, 3.05) is 26.2 Å². The molecule has 6 heteroatoms. The summed E-state index contributed by atoms with van der Waals surface area (Å²) in [6.45, 7) is 8.97. The predicted octanol–water partition coefficient (Wildman–Crippen LogP) is 2.34. The van der Waals surface area contributed by atoms with Crippen LogP contribution in [0.3, 0.4) is 0 Å². The Morgan fingerprint density at radius 1 is 1.36 bits per heavy atom. The third-order valence-electron chi connectivity index (χ3n) is 4.13. The van der Waals surface area contributed by atoms with Crippen LogP contribution in [0.2, 0.25) is 0 Å². The summed E-state index contributed by atoms with van der Waals surface area (Å²) in [6, 6.07) is 10.1. The number of nitrogens with zero attached hydrogens (tertiary/aromatic N) is 3. The molecule has 1 saturated heterocycles. The maximum Gasteiger partial charge on any atom is 0.278 e. The molecule has 1 aliphatic heterocycles. The molecule has 0 bridgehead atoms. The van der Waals surface area contributed by atoms with E-state index in [1.165, 1.54) is 0 Å². The minimum atomic E-state index is -0.0678. The van der Waals surface area contributed by atoms with E-state index in [4.69, 9.17) is 4.74 Å². The van der Waals surface area contributed by atoms with Gasteiger partial charge in [0.1, 0.15) is 0 Å². The second-order valence-corrected chi connectivity index (χ2v) is 6.93. The molecular weight excluding hydrogens is 316 g/mol. The molecule has 2 aromatic rings. The zero-order valence-electron chi connectivity index (χ0n) is 15.1. The van der Waals surface area contributed by atoms with E-state index in [1.54, 1.807) is 10.9 Å². The number of hydrogen-bond acceptors (Lipinski definition) is 4. The number of para-hydroxylation sites is 1. The van der Waals surface area contributed by atoms with Gasteiger partial charge in [-0.1, -0.05) is 32.0 Å². The van der Waals surface area contributed by atoms with E-state index in [2.05, 4.69) is 31.2 Å². The highest BCUT2D eigenvalue weighted by molar-refractivity contribution is 5.95. The van der Waals surface area contributed by atoms with Crippen LogP contribution >= 0.6 is 0 Å². The van der Waals surface area contributed by atoms with Gasteiger partial charge in [-0.3, -0.25) is 4.79 Å². The summed E-state index contributed by atoms with van der Waals surface area (Å²) in [5.74, 6) is 0.859. The van der Waals surface area contributed by atoms with Gasteiger partial charge in [-0.05, 0) is 25.0 Å². The van der Waals surface area contributed by atoms with E-state index in [1.807, 2.05) is 35.2 Å². The highest BCUT2D eigenvalue weighted by Crippen LogP contribution is 2.22.